The van der Waals surface area contributed by atoms with E-state index in [4.69, 9.17) is 9.41 Å². The molecular weight excluding hydrogens is 811 g/mol. The molecule has 13 rings (SSSR count). The lowest BCUT2D eigenvalue weighted by Gasteiger charge is -2.37. The smallest absolute Gasteiger partial charge is 0.144 e. The van der Waals surface area contributed by atoms with Gasteiger partial charge >= 0.3 is 0 Å². The molecule has 9 aromatic carbocycles. The number of hydrogen-bond donors (Lipinski definition) is 1. The van der Waals surface area contributed by atoms with Crippen LogP contribution in [0.25, 0.3) is 91.9 Å². The summed E-state index contributed by atoms with van der Waals surface area (Å²) in [4.78, 5) is 5.60. The second-order valence-corrected chi connectivity index (χ2v) is 18.4. The summed E-state index contributed by atoms with van der Waals surface area (Å²) in [6, 6.07) is 74.8. The van der Waals surface area contributed by atoms with Crippen molar-refractivity contribution in [3.8, 4) is 27.9 Å². The van der Waals surface area contributed by atoms with Gasteiger partial charge in [-0.05, 0) is 94.4 Å². The maximum atomic E-state index is 6.99. The molecule has 1 N–H and O–H groups in total. The number of para-hydroxylation sites is 3. The van der Waals surface area contributed by atoms with Crippen molar-refractivity contribution in [3.05, 3.63) is 223 Å². The van der Waals surface area contributed by atoms with Gasteiger partial charge in [0.15, 0.2) is 0 Å². The molecule has 65 heavy (non-hydrogen) atoms. The number of aliphatic imine (C=N–C) groups is 1. The molecule has 3 atom stereocenters. The Morgan fingerprint density at radius 3 is 1.94 bits per heavy atom. The van der Waals surface area contributed by atoms with Crippen LogP contribution in [0.15, 0.2) is 216 Å². The minimum Gasteiger partial charge on any atom is -0.455 e. The lowest BCUT2D eigenvalue weighted by molar-refractivity contribution is 0.358. The van der Waals surface area contributed by atoms with Gasteiger partial charge in [0.25, 0.3) is 0 Å². The minimum absolute atomic E-state index is 0.00888. The Bertz CT molecular complexity index is 3800. The average Bonchev–Trinajstić information content (AvgIpc) is 4.05. The largest absolute Gasteiger partial charge is 0.455 e. The first-order valence-electron chi connectivity index (χ1n) is 22.6. The van der Waals surface area contributed by atoms with E-state index in [1.807, 2.05) is 11.3 Å². The molecule has 0 spiro atoms. The fourth-order valence-electron chi connectivity index (χ4n) is 10.5. The topological polar surface area (TPSA) is 42.5 Å². The number of benzene rings is 9. The Hall–Kier alpha value is -7.57. The summed E-state index contributed by atoms with van der Waals surface area (Å²) >= 11 is 1.86. The van der Waals surface area contributed by atoms with Gasteiger partial charge in [-0.1, -0.05) is 159 Å². The van der Waals surface area contributed by atoms with Gasteiger partial charge in [0, 0.05) is 64.9 Å². The Morgan fingerprint density at radius 1 is 0.508 bits per heavy atom. The SMILES string of the molecule is CCC1C(c2cccc3c2oc2cc(-c4ccc(-c5ccc6c(c5)sc5ccccc56)cc4)ccc23)=NC(c2ccccc2)NC1c1ccc2c3ccccc3n(-c3ccccc3)c2c1. The average molecular weight is 854 g/mol. The van der Waals surface area contributed by atoms with Gasteiger partial charge in [-0.25, -0.2) is 0 Å². The second kappa shape index (κ2) is 15.3. The fraction of sp³-hybridized carbons (Fsp3) is 0.0833. The van der Waals surface area contributed by atoms with Crippen molar-refractivity contribution in [1.29, 1.82) is 0 Å². The first kappa shape index (κ1) is 37.9. The van der Waals surface area contributed by atoms with Crippen LogP contribution < -0.4 is 5.32 Å². The highest BCUT2D eigenvalue weighted by Gasteiger charge is 2.36. The molecule has 12 aromatic rings. The summed E-state index contributed by atoms with van der Waals surface area (Å²) in [7, 11) is 0. The van der Waals surface area contributed by atoms with Gasteiger partial charge in [-0.3, -0.25) is 10.3 Å². The number of rotatable bonds is 7. The van der Waals surface area contributed by atoms with Gasteiger partial charge in [0.1, 0.15) is 17.3 Å². The zero-order chi connectivity index (χ0) is 43.0. The van der Waals surface area contributed by atoms with Crippen molar-refractivity contribution < 1.29 is 4.42 Å². The number of nitrogens with one attached hydrogen (secondary N) is 1. The zero-order valence-corrected chi connectivity index (χ0v) is 36.6. The molecule has 0 aliphatic carbocycles. The van der Waals surface area contributed by atoms with Crippen LogP contribution in [0.3, 0.4) is 0 Å². The number of hydrogen-bond acceptors (Lipinski definition) is 4. The summed E-state index contributed by atoms with van der Waals surface area (Å²) in [5.74, 6) is 0.0782. The molecule has 0 saturated heterocycles. The maximum Gasteiger partial charge on any atom is 0.144 e. The molecule has 0 radical (unpaired) electrons. The standard InChI is InChI=1S/C60H43N3OS/c1-2-44-57(42-30-31-46-45-18-9-11-22-52(45)63(53(46)34-42)43-16-7-4-8-17-43)61-60(39-14-5-3-6-15-39)62-58(44)51-21-13-20-50-47-32-28-40(35-54(47)64-59(50)51)37-24-26-38(27-25-37)41-29-33-49-48-19-10-12-23-55(48)65-56(49)36-41/h3-36,44,57,60-61H,2H2,1H3. The Morgan fingerprint density at radius 2 is 1.14 bits per heavy atom. The molecule has 1 aliphatic rings. The minimum atomic E-state index is -0.240. The van der Waals surface area contributed by atoms with Crippen molar-refractivity contribution in [2.75, 3.05) is 0 Å². The summed E-state index contributed by atoms with van der Waals surface area (Å²) in [5, 5.41) is 11.4. The monoisotopic (exact) mass is 853 g/mol. The first-order valence-corrected chi connectivity index (χ1v) is 23.4. The number of aromatic nitrogens is 1. The molecule has 3 aromatic heterocycles. The summed E-state index contributed by atoms with van der Waals surface area (Å²) in [6.45, 7) is 2.29. The van der Waals surface area contributed by atoms with Gasteiger partial charge in [-0.2, -0.15) is 0 Å². The first-order chi connectivity index (χ1) is 32.2. The molecule has 0 bridgehead atoms. The highest BCUT2D eigenvalue weighted by atomic mass is 32.1. The van der Waals surface area contributed by atoms with E-state index in [0.29, 0.717) is 0 Å². The fourth-order valence-corrected chi connectivity index (χ4v) is 11.7. The van der Waals surface area contributed by atoms with Gasteiger partial charge in [0.2, 0.25) is 0 Å². The van der Waals surface area contributed by atoms with Crippen molar-refractivity contribution in [3.63, 3.8) is 0 Å². The third kappa shape index (κ3) is 6.26. The maximum absolute atomic E-state index is 6.99. The number of thiophene rings is 1. The molecule has 5 heteroatoms. The molecule has 4 nitrogen and oxygen atoms in total. The number of nitrogens with zero attached hydrogens (tertiary/aromatic N) is 2. The zero-order valence-electron chi connectivity index (χ0n) is 35.8. The number of fused-ring (bicyclic) bond motifs is 9. The van der Waals surface area contributed by atoms with E-state index in [9.17, 15) is 0 Å². The third-order valence-corrected chi connectivity index (χ3v) is 14.8. The van der Waals surface area contributed by atoms with Crippen LogP contribution in [0.1, 0.15) is 42.2 Å². The third-order valence-electron chi connectivity index (χ3n) is 13.7. The number of furan rings is 1. The molecule has 0 saturated carbocycles. The van der Waals surface area contributed by atoms with Crippen LogP contribution in [-0.2, 0) is 0 Å². The highest BCUT2D eigenvalue weighted by molar-refractivity contribution is 7.25. The molecule has 0 amide bonds. The summed E-state index contributed by atoms with van der Waals surface area (Å²) < 4.78 is 12.0. The quantitative estimate of drug-likeness (QED) is 0.174. The highest BCUT2D eigenvalue weighted by Crippen LogP contribution is 2.43. The Kier molecular flexibility index (Phi) is 8.93. The molecule has 310 valence electrons. The van der Waals surface area contributed by atoms with E-state index < -0.39 is 0 Å². The molecule has 3 unspecified atom stereocenters. The normalized spacial score (nSPS) is 16.6. The second-order valence-electron chi connectivity index (χ2n) is 17.3. The van der Waals surface area contributed by atoms with Crippen molar-refractivity contribution in [1.82, 2.24) is 9.88 Å². The molecule has 1 aliphatic heterocycles. The predicted octanol–water partition coefficient (Wildman–Crippen LogP) is 16.2. The Balaban J connectivity index is 0.891. The summed E-state index contributed by atoms with van der Waals surface area (Å²) in [6.07, 6.45) is 0.655. The van der Waals surface area contributed by atoms with Crippen LogP contribution >= 0.6 is 11.3 Å². The van der Waals surface area contributed by atoms with E-state index in [2.05, 4.69) is 223 Å². The Labute approximate surface area is 380 Å². The van der Waals surface area contributed by atoms with Gasteiger partial charge < -0.3 is 8.98 Å². The van der Waals surface area contributed by atoms with Gasteiger partial charge in [0.05, 0.1) is 16.7 Å². The predicted molar refractivity (Wildman–Crippen MR) is 274 cm³/mol. The van der Waals surface area contributed by atoms with Crippen LogP contribution in [0.4, 0.5) is 0 Å². The van der Waals surface area contributed by atoms with Crippen molar-refractivity contribution in [2.24, 2.45) is 10.9 Å². The van der Waals surface area contributed by atoms with E-state index in [1.54, 1.807) is 0 Å². The molecular formula is C60H43N3OS. The van der Waals surface area contributed by atoms with Gasteiger partial charge in [-0.15, -0.1) is 11.3 Å². The molecule has 4 heterocycles. The van der Waals surface area contributed by atoms with Crippen LogP contribution in [-0.4, -0.2) is 10.3 Å². The van der Waals surface area contributed by atoms with E-state index >= 15 is 0 Å². The van der Waals surface area contributed by atoms with E-state index in [-0.39, 0.29) is 18.1 Å². The molecule has 0 fully saturated rings. The van der Waals surface area contributed by atoms with Crippen LogP contribution in [0, 0.1) is 5.92 Å². The van der Waals surface area contributed by atoms with Crippen LogP contribution in [0.5, 0.6) is 0 Å². The van der Waals surface area contributed by atoms with E-state index in [1.165, 1.54) is 58.7 Å². The van der Waals surface area contributed by atoms with Crippen molar-refractivity contribution in [2.45, 2.75) is 25.6 Å². The summed E-state index contributed by atoms with van der Waals surface area (Å²) in [5.41, 5.74) is 14.6. The van der Waals surface area contributed by atoms with E-state index in [0.717, 1.165) is 62.0 Å². The van der Waals surface area contributed by atoms with Crippen LogP contribution in [0.2, 0.25) is 0 Å². The lowest BCUT2D eigenvalue weighted by atomic mass is 9.81. The lowest BCUT2D eigenvalue weighted by Crippen LogP contribution is -2.40. The van der Waals surface area contributed by atoms with Crippen molar-refractivity contribution >= 4 is 81.0 Å².